The Morgan fingerprint density at radius 3 is 1.84 bits per heavy atom. The van der Waals surface area contributed by atoms with Crippen LogP contribution in [0.4, 0.5) is 0 Å². The van der Waals surface area contributed by atoms with Crippen molar-refractivity contribution in [1.82, 2.24) is 9.55 Å². The second kappa shape index (κ2) is 6.87. The largest absolute Gasteiger partial charge is 0.296 e. The smallest absolute Gasteiger partial charge is 0.145 e. The van der Waals surface area contributed by atoms with Gasteiger partial charge in [-0.15, -0.1) is 0 Å². The van der Waals surface area contributed by atoms with Crippen LogP contribution in [0.1, 0.15) is 62.0 Å². The van der Waals surface area contributed by atoms with Gasteiger partial charge in [-0.3, -0.25) is 4.57 Å². The van der Waals surface area contributed by atoms with E-state index in [2.05, 4.69) is 94.6 Å². The first-order valence-electron chi connectivity index (χ1n) is 9.16. The second-order valence-electron chi connectivity index (χ2n) is 7.40. The molecule has 2 nitrogen and oxygen atoms in total. The fourth-order valence-corrected chi connectivity index (χ4v) is 3.43. The first-order valence-corrected chi connectivity index (χ1v) is 9.16. The molecular weight excluding hydrogens is 304 g/mol. The van der Waals surface area contributed by atoms with Crippen molar-refractivity contribution in [3.63, 3.8) is 0 Å². The van der Waals surface area contributed by atoms with E-state index >= 15 is 0 Å². The number of imidazole rings is 1. The summed E-state index contributed by atoms with van der Waals surface area (Å²) in [6.45, 7) is 13.4. The summed E-state index contributed by atoms with van der Waals surface area (Å²) in [6.07, 6.45) is 0. The van der Waals surface area contributed by atoms with Crippen molar-refractivity contribution in [3.05, 3.63) is 71.0 Å². The van der Waals surface area contributed by atoms with E-state index in [1.165, 1.54) is 22.5 Å². The molecule has 25 heavy (non-hydrogen) atoms. The van der Waals surface area contributed by atoms with Gasteiger partial charge < -0.3 is 0 Å². The van der Waals surface area contributed by atoms with Crippen LogP contribution in [0, 0.1) is 13.8 Å². The number of rotatable bonds is 4. The van der Waals surface area contributed by atoms with Crippen LogP contribution in [0.15, 0.2) is 48.5 Å². The third-order valence-corrected chi connectivity index (χ3v) is 4.94. The van der Waals surface area contributed by atoms with Gasteiger partial charge in [0.15, 0.2) is 0 Å². The van der Waals surface area contributed by atoms with Crippen LogP contribution in [0.2, 0.25) is 0 Å². The lowest BCUT2D eigenvalue weighted by atomic mass is 9.92. The molecule has 0 radical (unpaired) electrons. The summed E-state index contributed by atoms with van der Waals surface area (Å²) in [6, 6.07) is 17.2. The molecule has 3 aromatic rings. The van der Waals surface area contributed by atoms with Gasteiger partial charge in [-0.1, -0.05) is 76.2 Å². The van der Waals surface area contributed by atoms with E-state index in [0.717, 1.165) is 17.1 Å². The number of benzene rings is 2. The number of nitrogens with zero attached hydrogens (tertiary/aromatic N) is 2. The monoisotopic (exact) mass is 332 g/mol. The van der Waals surface area contributed by atoms with E-state index < -0.39 is 0 Å². The molecule has 0 spiro atoms. The van der Waals surface area contributed by atoms with Crippen LogP contribution in [-0.2, 0) is 0 Å². The summed E-state index contributed by atoms with van der Waals surface area (Å²) in [5.41, 5.74) is 7.53. The topological polar surface area (TPSA) is 17.8 Å². The highest BCUT2D eigenvalue weighted by Gasteiger charge is 2.21. The van der Waals surface area contributed by atoms with E-state index in [9.17, 15) is 0 Å². The molecule has 0 saturated heterocycles. The van der Waals surface area contributed by atoms with Gasteiger partial charge in [-0.25, -0.2) is 4.98 Å². The third kappa shape index (κ3) is 3.13. The number of para-hydroxylation sites is 1. The molecule has 3 rings (SSSR count). The molecule has 1 aromatic heterocycles. The molecule has 0 aliphatic rings. The van der Waals surface area contributed by atoms with Crippen LogP contribution in [0.25, 0.3) is 17.1 Å². The Kier molecular flexibility index (Phi) is 4.80. The van der Waals surface area contributed by atoms with E-state index in [0.29, 0.717) is 11.8 Å². The van der Waals surface area contributed by atoms with Crippen LogP contribution in [-0.4, -0.2) is 9.55 Å². The maximum absolute atomic E-state index is 4.92. The van der Waals surface area contributed by atoms with Crippen molar-refractivity contribution in [2.75, 3.05) is 0 Å². The van der Waals surface area contributed by atoms with Crippen molar-refractivity contribution < 1.29 is 0 Å². The Bertz CT molecular complexity index is 844. The number of aryl methyl sites for hydroxylation is 1. The molecule has 2 aromatic carbocycles. The Labute approximate surface area is 151 Å². The predicted molar refractivity (Wildman–Crippen MR) is 107 cm³/mol. The molecule has 1 heterocycles. The average molecular weight is 332 g/mol. The standard InChI is InChI=1S/C23H28N2/c1-15(2)20-13-10-14-21(16(3)4)22(20)25-18(6)17(5)24-23(25)19-11-8-7-9-12-19/h7-16H,1-6H3. The molecule has 0 fully saturated rings. The Morgan fingerprint density at radius 1 is 0.760 bits per heavy atom. The summed E-state index contributed by atoms with van der Waals surface area (Å²) >= 11 is 0. The Balaban J connectivity index is 2.38. The first kappa shape index (κ1) is 17.5. The average Bonchev–Trinajstić information content (AvgIpc) is 2.90. The van der Waals surface area contributed by atoms with Crippen molar-refractivity contribution >= 4 is 0 Å². The quantitative estimate of drug-likeness (QED) is 0.540. The minimum absolute atomic E-state index is 0.458. The zero-order chi connectivity index (χ0) is 18.1. The van der Waals surface area contributed by atoms with Crippen LogP contribution < -0.4 is 0 Å². The fraction of sp³-hybridized carbons (Fsp3) is 0.348. The van der Waals surface area contributed by atoms with Gasteiger partial charge in [0.25, 0.3) is 0 Å². The zero-order valence-corrected chi connectivity index (χ0v) is 16.2. The molecule has 0 aliphatic heterocycles. The summed E-state index contributed by atoms with van der Waals surface area (Å²) in [5.74, 6) is 1.95. The molecule has 2 heteroatoms. The number of hydrogen-bond acceptors (Lipinski definition) is 1. The van der Waals surface area contributed by atoms with Gasteiger partial charge in [-0.2, -0.15) is 0 Å². The highest BCUT2D eigenvalue weighted by Crippen LogP contribution is 2.35. The van der Waals surface area contributed by atoms with E-state index in [-0.39, 0.29) is 0 Å². The van der Waals surface area contributed by atoms with Crippen LogP contribution in [0.3, 0.4) is 0 Å². The normalized spacial score (nSPS) is 11.5. The lowest BCUT2D eigenvalue weighted by Gasteiger charge is -2.23. The summed E-state index contributed by atoms with van der Waals surface area (Å²) in [4.78, 5) is 4.92. The molecule has 0 amide bonds. The van der Waals surface area contributed by atoms with Gasteiger partial charge in [0.05, 0.1) is 11.4 Å². The molecule has 0 unspecified atom stereocenters. The SMILES string of the molecule is Cc1nc(-c2ccccc2)n(-c2c(C(C)C)cccc2C(C)C)c1C. The van der Waals surface area contributed by atoms with E-state index in [1.54, 1.807) is 0 Å². The number of aromatic nitrogens is 2. The van der Waals surface area contributed by atoms with Gasteiger partial charge in [0.1, 0.15) is 5.82 Å². The summed E-state index contributed by atoms with van der Waals surface area (Å²) < 4.78 is 2.37. The molecular formula is C23H28N2. The predicted octanol–water partition coefficient (Wildman–Crippen LogP) is 6.40. The lowest BCUT2D eigenvalue weighted by molar-refractivity contribution is 0.801. The van der Waals surface area contributed by atoms with E-state index in [4.69, 9.17) is 4.98 Å². The number of hydrogen-bond donors (Lipinski definition) is 0. The van der Waals surface area contributed by atoms with Crippen molar-refractivity contribution in [3.8, 4) is 17.1 Å². The van der Waals surface area contributed by atoms with Crippen LogP contribution in [0.5, 0.6) is 0 Å². The maximum atomic E-state index is 4.92. The minimum Gasteiger partial charge on any atom is -0.296 e. The summed E-state index contributed by atoms with van der Waals surface area (Å²) in [7, 11) is 0. The molecule has 0 aliphatic carbocycles. The van der Waals surface area contributed by atoms with Crippen molar-refractivity contribution in [2.24, 2.45) is 0 Å². The van der Waals surface area contributed by atoms with Gasteiger partial charge in [0, 0.05) is 11.3 Å². The molecule has 0 N–H and O–H groups in total. The third-order valence-electron chi connectivity index (χ3n) is 4.94. The Morgan fingerprint density at radius 2 is 1.32 bits per heavy atom. The lowest BCUT2D eigenvalue weighted by Crippen LogP contribution is -2.09. The van der Waals surface area contributed by atoms with Crippen molar-refractivity contribution in [2.45, 2.75) is 53.4 Å². The molecule has 0 atom stereocenters. The zero-order valence-electron chi connectivity index (χ0n) is 16.2. The van der Waals surface area contributed by atoms with Crippen LogP contribution >= 0.6 is 0 Å². The first-order chi connectivity index (χ1) is 11.9. The highest BCUT2D eigenvalue weighted by atomic mass is 15.1. The van der Waals surface area contributed by atoms with Gasteiger partial charge in [-0.05, 0) is 36.8 Å². The van der Waals surface area contributed by atoms with Gasteiger partial charge >= 0.3 is 0 Å². The second-order valence-corrected chi connectivity index (χ2v) is 7.40. The molecule has 130 valence electrons. The highest BCUT2D eigenvalue weighted by molar-refractivity contribution is 5.64. The fourth-order valence-electron chi connectivity index (χ4n) is 3.43. The van der Waals surface area contributed by atoms with Crippen molar-refractivity contribution in [1.29, 1.82) is 0 Å². The Hall–Kier alpha value is -2.35. The minimum atomic E-state index is 0.458. The van der Waals surface area contributed by atoms with E-state index in [1.807, 2.05) is 0 Å². The maximum Gasteiger partial charge on any atom is 0.145 e. The molecule has 0 bridgehead atoms. The molecule has 0 saturated carbocycles. The van der Waals surface area contributed by atoms with Gasteiger partial charge in [0.2, 0.25) is 0 Å². The summed E-state index contributed by atoms with van der Waals surface area (Å²) in [5, 5.41) is 0.